The molecule has 0 aliphatic carbocycles. The molecular weight excluding hydrogens is 420 g/mol. The molecule has 0 aromatic heterocycles. The number of rotatable bonds is 9. The summed E-state index contributed by atoms with van der Waals surface area (Å²) in [5.41, 5.74) is 10.1. The smallest absolute Gasteiger partial charge is 0.230 e. The summed E-state index contributed by atoms with van der Waals surface area (Å²) in [7, 11) is 0. The topological polar surface area (TPSA) is 82.2 Å². The van der Waals surface area contributed by atoms with Crippen molar-refractivity contribution in [3.63, 3.8) is 0 Å². The molecule has 1 saturated heterocycles. The van der Waals surface area contributed by atoms with Crippen molar-refractivity contribution in [1.82, 2.24) is 5.32 Å². The molecule has 2 aliphatic rings. The Morgan fingerprint density at radius 3 is 2.79 bits per heavy atom. The number of amidine groups is 1. The molecule has 1 unspecified atom stereocenters. The van der Waals surface area contributed by atoms with Gasteiger partial charge in [-0.3, -0.25) is 10.2 Å². The van der Waals surface area contributed by atoms with Gasteiger partial charge in [-0.25, -0.2) is 0 Å². The number of unbranched alkanes of at least 4 members (excludes halogenated alkanes) is 2. The van der Waals surface area contributed by atoms with E-state index in [9.17, 15) is 4.79 Å². The third kappa shape index (κ3) is 5.87. The van der Waals surface area contributed by atoms with Crippen LogP contribution in [0.15, 0.2) is 48.5 Å². The number of anilines is 1. The summed E-state index contributed by atoms with van der Waals surface area (Å²) < 4.78 is 0. The van der Waals surface area contributed by atoms with Crippen molar-refractivity contribution in [2.45, 2.75) is 83.2 Å². The van der Waals surface area contributed by atoms with E-state index in [4.69, 9.17) is 11.1 Å². The molecule has 5 nitrogen and oxygen atoms in total. The lowest BCUT2D eigenvalue weighted by molar-refractivity contribution is -0.122. The van der Waals surface area contributed by atoms with Crippen LogP contribution in [-0.2, 0) is 17.6 Å². The number of fused-ring (bicyclic) bond motifs is 1. The monoisotopic (exact) mass is 460 g/mol. The van der Waals surface area contributed by atoms with Crippen molar-refractivity contribution in [2.75, 3.05) is 11.4 Å². The Kier molecular flexibility index (Phi) is 7.72. The number of hydrogen-bond acceptors (Lipinski definition) is 3. The van der Waals surface area contributed by atoms with E-state index in [1.807, 2.05) is 35.2 Å². The second-order valence-electron chi connectivity index (χ2n) is 10.6. The molecular formula is C29H40N4O. The number of carbonyl (C=O) groups excluding carboxylic acids is 1. The Balaban J connectivity index is 1.37. The molecule has 2 heterocycles. The minimum atomic E-state index is -0.0797. The van der Waals surface area contributed by atoms with E-state index in [1.54, 1.807) is 0 Å². The van der Waals surface area contributed by atoms with Gasteiger partial charge in [0.25, 0.3) is 0 Å². The van der Waals surface area contributed by atoms with Crippen LogP contribution in [0.25, 0.3) is 0 Å². The molecule has 2 aromatic carbocycles. The zero-order chi connectivity index (χ0) is 24.1. The van der Waals surface area contributed by atoms with Crippen LogP contribution in [0.1, 0.15) is 75.5 Å². The Morgan fingerprint density at radius 2 is 2.00 bits per heavy atom. The van der Waals surface area contributed by atoms with Crippen molar-refractivity contribution in [1.29, 1.82) is 5.41 Å². The number of piperidine rings is 1. The number of nitrogens with one attached hydrogen (secondary N) is 2. The highest BCUT2D eigenvalue weighted by Gasteiger charge is 2.33. The van der Waals surface area contributed by atoms with E-state index in [-0.39, 0.29) is 23.2 Å². The van der Waals surface area contributed by atoms with E-state index < -0.39 is 0 Å². The quantitative estimate of drug-likeness (QED) is 0.273. The summed E-state index contributed by atoms with van der Waals surface area (Å²) in [6.07, 6.45) is 9.87. The van der Waals surface area contributed by atoms with Crippen LogP contribution in [0, 0.1) is 11.3 Å². The first-order valence-corrected chi connectivity index (χ1v) is 12.9. The highest BCUT2D eigenvalue weighted by molar-refractivity contribution is 5.98. The molecule has 0 spiro atoms. The maximum absolute atomic E-state index is 13.6. The predicted molar refractivity (Wildman–Crippen MR) is 140 cm³/mol. The van der Waals surface area contributed by atoms with Crippen LogP contribution in [0.2, 0.25) is 0 Å². The zero-order valence-corrected chi connectivity index (χ0v) is 20.8. The van der Waals surface area contributed by atoms with Crippen molar-refractivity contribution >= 4 is 17.4 Å². The summed E-state index contributed by atoms with van der Waals surface area (Å²) in [4.78, 5) is 15.6. The van der Waals surface area contributed by atoms with Gasteiger partial charge in [-0.15, -0.1) is 0 Å². The minimum Gasteiger partial charge on any atom is -0.384 e. The number of para-hydroxylation sites is 1. The van der Waals surface area contributed by atoms with Crippen LogP contribution in [0.4, 0.5) is 5.69 Å². The van der Waals surface area contributed by atoms with E-state index in [1.165, 1.54) is 37.7 Å². The van der Waals surface area contributed by atoms with Crippen LogP contribution >= 0.6 is 0 Å². The number of nitrogens with zero attached hydrogens (tertiary/aromatic N) is 1. The highest BCUT2D eigenvalue weighted by Crippen LogP contribution is 2.33. The van der Waals surface area contributed by atoms with Crippen molar-refractivity contribution < 1.29 is 4.79 Å². The second-order valence-corrected chi connectivity index (χ2v) is 10.6. The SMILES string of the molecule is C[C@H]1CCC[C@@](C)(CCCCCN2C(=O)C(Cc3cccc(C(=N)N)c3)Cc3ccccc32)N1. The third-order valence-corrected chi connectivity index (χ3v) is 7.65. The fourth-order valence-electron chi connectivity index (χ4n) is 5.88. The first kappa shape index (κ1) is 24.5. The molecule has 0 saturated carbocycles. The van der Waals surface area contributed by atoms with Gasteiger partial charge >= 0.3 is 0 Å². The molecule has 182 valence electrons. The van der Waals surface area contributed by atoms with Gasteiger partial charge in [-0.05, 0) is 75.6 Å². The van der Waals surface area contributed by atoms with Crippen LogP contribution in [0.5, 0.6) is 0 Å². The Labute approximate surface area is 204 Å². The van der Waals surface area contributed by atoms with E-state index in [2.05, 4.69) is 37.4 Å². The van der Waals surface area contributed by atoms with Crippen LogP contribution in [-0.4, -0.2) is 29.9 Å². The van der Waals surface area contributed by atoms with Crippen molar-refractivity contribution in [3.8, 4) is 0 Å². The van der Waals surface area contributed by atoms with E-state index in [0.717, 1.165) is 37.1 Å². The average Bonchev–Trinajstić information content (AvgIpc) is 2.81. The molecule has 2 aliphatic heterocycles. The summed E-state index contributed by atoms with van der Waals surface area (Å²) in [6, 6.07) is 16.7. The second kappa shape index (κ2) is 10.7. The first-order chi connectivity index (χ1) is 16.3. The molecule has 3 atom stereocenters. The Bertz CT molecular complexity index is 1020. The minimum absolute atomic E-state index is 0.0653. The molecule has 2 aromatic rings. The maximum atomic E-state index is 13.6. The third-order valence-electron chi connectivity index (χ3n) is 7.65. The number of carbonyl (C=O) groups is 1. The largest absolute Gasteiger partial charge is 0.384 e. The molecule has 4 N–H and O–H groups in total. The van der Waals surface area contributed by atoms with Gasteiger partial charge in [0, 0.05) is 35.3 Å². The van der Waals surface area contributed by atoms with Crippen molar-refractivity contribution in [3.05, 3.63) is 65.2 Å². The Hall–Kier alpha value is -2.66. The number of hydrogen-bond donors (Lipinski definition) is 3. The lowest BCUT2D eigenvalue weighted by Crippen LogP contribution is -2.50. The summed E-state index contributed by atoms with van der Waals surface area (Å²) in [5.74, 6) is 0.209. The fraction of sp³-hybridized carbons (Fsp3) is 0.517. The fourth-order valence-corrected chi connectivity index (χ4v) is 5.88. The molecule has 0 bridgehead atoms. The predicted octanol–water partition coefficient (Wildman–Crippen LogP) is 5.20. The number of amides is 1. The van der Waals surface area contributed by atoms with Gasteiger partial charge < -0.3 is 16.0 Å². The number of nitrogen functional groups attached to an aromatic ring is 1. The lowest BCUT2D eigenvalue weighted by atomic mass is 9.83. The molecule has 1 amide bonds. The number of nitrogens with two attached hydrogens (primary N) is 1. The zero-order valence-electron chi connectivity index (χ0n) is 20.8. The Morgan fingerprint density at radius 1 is 1.18 bits per heavy atom. The maximum Gasteiger partial charge on any atom is 0.230 e. The van der Waals surface area contributed by atoms with Gasteiger partial charge in [-0.2, -0.15) is 0 Å². The van der Waals surface area contributed by atoms with Crippen LogP contribution < -0.4 is 16.0 Å². The molecule has 4 rings (SSSR count). The van der Waals surface area contributed by atoms with Crippen molar-refractivity contribution in [2.24, 2.45) is 11.7 Å². The highest BCUT2D eigenvalue weighted by atomic mass is 16.2. The molecule has 5 heteroatoms. The van der Waals surface area contributed by atoms with Gasteiger partial charge in [0.15, 0.2) is 0 Å². The molecule has 1 fully saturated rings. The lowest BCUT2D eigenvalue weighted by Gasteiger charge is -2.39. The van der Waals surface area contributed by atoms with Gasteiger partial charge in [0.2, 0.25) is 5.91 Å². The summed E-state index contributed by atoms with van der Waals surface area (Å²) >= 11 is 0. The van der Waals surface area contributed by atoms with Gasteiger partial charge in [0.05, 0.1) is 0 Å². The summed E-state index contributed by atoms with van der Waals surface area (Å²) in [6.45, 7) is 5.45. The van der Waals surface area contributed by atoms with E-state index >= 15 is 0 Å². The number of benzene rings is 2. The molecule has 0 radical (unpaired) electrons. The average molecular weight is 461 g/mol. The molecule has 34 heavy (non-hydrogen) atoms. The van der Waals surface area contributed by atoms with Gasteiger partial charge in [0.1, 0.15) is 5.84 Å². The first-order valence-electron chi connectivity index (χ1n) is 12.9. The normalized spacial score (nSPS) is 24.6. The summed E-state index contributed by atoms with van der Waals surface area (Å²) in [5, 5.41) is 11.5. The standard InChI is InChI=1S/C29H40N4O/c1-21-10-9-16-29(2,32-21)15-6-3-7-17-33-26-14-5-4-12-23(26)20-25(28(33)34)19-22-11-8-13-24(18-22)27(30)31/h4-5,8,11-14,18,21,25,32H,3,6-7,9-10,15-17,19-20H2,1-2H3,(H3,30,31)/t21-,25?,29+/m0/s1. The van der Waals surface area contributed by atoms with Gasteiger partial charge in [-0.1, -0.05) is 55.7 Å². The van der Waals surface area contributed by atoms with E-state index in [0.29, 0.717) is 18.0 Å². The van der Waals surface area contributed by atoms with Crippen LogP contribution in [0.3, 0.4) is 0 Å².